The van der Waals surface area contributed by atoms with Crippen molar-refractivity contribution in [2.45, 2.75) is 51.2 Å². The number of guanidine groups is 1. The Balaban J connectivity index is 0.00000363. The molecule has 1 aliphatic carbocycles. The highest BCUT2D eigenvalue weighted by Gasteiger charge is 2.42. The zero-order valence-electron chi connectivity index (χ0n) is 19.3. The Hall–Kier alpha value is -1.88. The quantitative estimate of drug-likeness (QED) is 0.273. The fourth-order valence-electron chi connectivity index (χ4n) is 4.42. The molecule has 0 bridgehead atoms. The molecule has 0 spiro atoms. The molecule has 0 aromatic heterocycles. The molecule has 3 rings (SSSR count). The molecule has 1 aliphatic heterocycles. The lowest BCUT2D eigenvalue weighted by atomic mass is 9.84. The molecule has 1 aromatic rings. The number of ether oxygens (including phenoxy) is 1. The number of nitrogens with one attached hydrogen (secondary N) is 3. The zero-order chi connectivity index (χ0) is 22.3. The van der Waals surface area contributed by atoms with Crippen LogP contribution in [0.4, 0.5) is 5.69 Å². The van der Waals surface area contributed by atoms with Crippen LogP contribution in [-0.2, 0) is 20.9 Å². The Bertz CT molecular complexity index is 803. The molecule has 9 heteroatoms. The number of rotatable bonds is 7. The smallest absolute Gasteiger partial charge is 0.253 e. The second-order valence-corrected chi connectivity index (χ2v) is 8.66. The number of carbonyl (C=O) groups excluding carboxylic acids is 2. The van der Waals surface area contributed by atoms with E-state index in [9.17, 15) is 9.59 Å². The van der Waals surface area contributed by atoms with Crippen LogP contribution in [0.25, 0.3) is 0 Å². The highest BCUT2D eigenvalue weighted by atomic mass is 127. The first-order valence-electron chi connectivity index (χ1n) is 11.1. The third-order valence-electron chi connectivity index (χ3n) is 6.11. The first-order chi connectivity index (χ1) is 14.9. The Morgan fingerprint density at radius 1 is 1.19 bits per heavy atom. The molecule has 2 amide bonds. The van der Waals surface area contributed by atoms with E-state index in [1.807, 2.05) is 38.4 Å². The van der Waals surface area contributed by atoms with Gasteiger partial charge in [-0.2, -0.15) is 0 Å². The predicted octanol–water partition coefficient (Wildman–Crippen LogP) is 2.74. The van der Waals surface area contributed by atoms with Gasteiger partial charge < -0.3 is 25.6 Å². The summed E-state index contributed by atoms with van der Waals surface area (Å²) in [5.74, 6) is 0.752. The molecular formula is C23H36IN5O3. The number of anilines is 1. The lowest BCUT2D eigenvalue weighted by Crippen LogP contribution is -2.49. The lowest BCUT2D eigenvalue weighted by molar-refractivity contribution is -0.138. The number of halogens is 1. The maximum atomic E-state index is 12.8. The second kappa shape index (κ2) is 12.4. The van der Waals surface area contributed by atoms with Gasteiger partial charge in [-0.05, 0) is 43.4 Å². The van der Waals surface area contributed by atoms with Gasteiger partial charge >= 0.3 is 0 Å². The molecule has 2 aliphatic rings. The van der Waals surface area contributed by atoms with Gasteiger partial charge in [0.2, 0.25) is 5.91 Å². The molecule has 0 radical (unpaired) electrons. The van der Waals surface area contributed by atoms with Gasteiger partial charge in [-0.25, -0.2) is 0 Å². The number of hydrogen-bond acceptors (Lipinski definition) is 4. The maximum Gasteiger partial charge on any atom is 0.253 e. The normalized spacial score (nSPS) is 19.7. The minimum absolute atomic E-state index is 0. The summed E-state index contributed by atoms with van der Waals surface area (Å²) in [6.45, 7) is 1.77. The van der Waals surface area contributed by atoms with Crippen molar-refractivity contribution >= 4 is 47.4 Å². The Labute approximate surface area is 208 Å². The van der Waals surface area contributed by atoms with Gasteiger partial charge in [0, 0.05) is 46.5 Å². The van der Waals surface area contributed by atoms with E-state index in [1.54, 1.807) is 11.9 Å². The van der Waals surface area contributed by atoms with Gasteiger partial charge in [-0.3, -0.25) is 14.6 Å². The van der Waals surface area contributed by atoms with Crippen molar-refractivity contribution in [3.05, 3.63) is 29.8 Å². The molecule has 2 fully saturated rings. The number of nitrogens with zero attached hydrogens (tertiary/aromatic N) is 2. The summed E-state index contributed by atoms with van der Waals surface area (Å²) in [7, 11) is 5.36. The van der Waals surface area contributed by atoms with Gasteiger partial charge in [0.15, 0.2) is 5.96 Å². The third kappa shape index (κ3) is 6.81. The minimum atomic E-state index is -0.354. The van der Waals surface area contributed by atoms with Crippen LogP contribution in [0.1, 0.15) is 44.1 Å². The number of amides is 2. The maximum absolute atomic E-state index is 12.8. The van der Waals surface area contributed by atoms with Gasteiger partial charge in [0.25, 0.3) is 5.91 Å². The van der Waals surface area contributed by atoms with Crippen molar-refractivity contribution in [3.8, 4) is 0 Å². The summed E-state index contributed by atoms with van der Waals surface area (Å²) in [5.41, 5.74) is 1.42. The van der Waals surface area contributed by atoms with Crippen LogP contribution in [-0.4, -0.2) is 63.1 Å². The molecule has 1 heterocycles. The molecule has 1 saturated carbocycles. The van der Waals surface area contributed by atoms with E-state index in [4.69, 9.17) is 4.74 Å². The molecule has 8 nitrogen and oxygen atoms in total. The molecule has 1 aromatic carbocycles. The Morgan fingerprint density at radius 3 is 2.56 bits per heavy atom. The van der Waals surface area contributed by atoms with Crippen molar-refractivity contribution in [2.24, 2.45) is 10.4 Å². The molecule has 178 valence electrons. The largest absolute Gasteiger partial charge is 0.368 e. The SMILES string of the molecule is CN=C(NCc1cccc(NC(=O)C2CCCO2)c1)NCC1(C(=O)N(C)C)CCCC1.I. The van der Waals surface area contributed by atoms with Crippen LogP contribution < -0.4 is 16.0 Å². The average Bonchev–Trinajstić information content (AvgIpc) is 3.46. The average molecular weight is 557 g/mol. The van der Waals surface area contributed by atoms with Crippen molar-refractivity contribution in [1.29, 1.82) is 0 Å². The van der Waals surface area contributed by atoms with Gasteiger partial charge in [-0.1, -0.05) is 25.0 Å². The molecule has 1 atom stereocenters. The molecular weight excluding hydrogens is 521 g/mol. The highest BCUT2D eigenvalue weighted by molar-refractivity contribution is 14.0. The highest BCUT2D eigenvalue weighted by Crippen LogP contribution is 2.38. The molecule has 3 N–H and O–H groups in total. The Kier molecular flexibility index (Phi) is 10.2. The standard InChI is InChI=1S/C23H35N5O3.HI/c1-24-22(26-16-23(11-4-5-12-23)21(30)28(2)3)25-15-17-8-6-9-18(14-17)27-20(29)19-10-7-13-31-19;/h6,8-9,14,19H,4-5,7,10-13,15-16H2,1-3H3,(H,27,29)(H2,24,25,26);1H. The number of benzene rings is 1. The zero-order valence-corrected chi connectivity index (χ0v) is 21.6. The van der Waals surface area contributed by atoms with E-state index in [2.05, 4.69) is 20.9 Å². The van der Waals surface area contributed by atoms with Gasteiger partial charge in [0.1, 0.15) is 6.10 Å². The molecule has 1 unspecified atom stereocenters. The molecule has 1 saturated heterocycles. The van der Waals surface area contributed by atoms with E-state index >= 15 is 0 Å². The first-order valence-corrected chi connectivity index (χ1v) is 11.1. The van der Waals surface area contributed by atoms with Crippen molar-refractivity contribution in [2.75, 3.05) is 39.6 Å². The van der Waals surface area contributed by atoms with Crippen molar-refractivity contribution in [1.82, 2.24) is 15.5 Å². The summed E-state index contributed by atoms with van der Waals surface area (Å²) >= 11 is 0. The van der Waals surface area contributed by atoms with E-state index in [0.717, 1.165) is 49.8 Å². The van der Waals surface area contributed by atoms with E-state index in [1.165, 1.54) is 0 Å². The van der Waals surface area contributed by atoms with Gasteiger partial charge in [-0.15, -0.1) is 24.0 Å². The first kappa shape index (κ1) is 26.4. The van der Waals surface area contributed by atoms with Crippen LogP contribution in [0, 0.1) is 5.41 Å². The van der Waals surface area contributed by atoms with Crippen molar-refractivity contribution < 1.29 is 14.3 Å². The van der Waals surface area contributed by atoms with Crippen LogP contribution in [0.3, 0.4) is 0 Å². The summed E-state index contributed by atoms with van der Waals surface area (Å²) in [4.78, 5) is 31.0. The molecule has 32 heavy (non-hydrogen) atoms. The summed E-state index contributed by atoms with van der Waals surface area (Å²) in [5, 5.41) is 9.59. The van der Waals surface area contributed by atoms with Crippen LogP contribution in [0.2, 0.25) is 0 Å². The summed E-state index contributed by atoms with van der Waals surface area (Å²) in [6.07, 6.45) is 5.32. The topological polar surface area (TPSA) is 95.1 Å². The number of carbonyl (C=O) groups is 2. The summed E-state index contributed by atoms with van der Waals surface area (Å²) in [6, 6.07) is 7.74. The van der Waals surface area contributed by atoms with Gasteiger partial charge in [0.05, 0.1) is 5.41 Å². The third-order valence-corrected chi connectivity index (χ3v) is 6.11. The predicted molar refractivity (Wildman–Crippen MR) is 137 cm³/mol. The van der Waals surface area contributed by atoms with Crippen LogP contribution >= 0.6 is 24.0 Å². The fraction of sp³-hybridized carbons (Fsp3) is 0.609. The van der Waals surface area contributed by atoms with Crippen molar-refractivity contribution in [3.63, 3.8) is 0 Å². The van der Waals surface area contributed by atoms with E-state index in [-0.39, 0.29) is 47.3 Å². The minimum Gasteiger partial charge on any atom is -0.368 e. The number of aliphatic imine (C=N–C) groups is 1. The van der Waals surface area contributed by atoms with Crippen LogP contribution in [0.5, 0.6) is 0 Å². The fourth-order valence-corrected chi connectivity index (χ4v) is 4.42. The lowest BCUT2D eigenvalue weighted by Gasteiger charge is -2.31. The van der Waals surface area contributed by atoms with E-state index in [0.29, 0.717) is 25.7 Å². The Morgan fingerprint density at radius 2 is 1.94 bits per heavy atom. The number of hydrogen-bond donors (Lipinski definition) is 3. The monoisotopic (exact) mass is 557 g/mol. The van der Waals surface area contributed by atoms with E-state index < -0.39 is 0 Å². The van der Waals surface area contributed by atoms with Crippen LogP contribution in [0.15, 0.2) is 29.3 Å². The summed E-state index contributed by atoms with van der Waals surface area (Å²) < 4.78 is 5.44. The second-order valence-electron chi connectivity index (χ2n) is 8.66.